The van der Waals surface area contributed by atoms with Gasteiger partial charge >= 0.3 is 0 Å². The summed E-state index contributed by atoms with van der Waals surface area (Å²) in [6.45, 7) is 9.87. The van der Waals surface area contributed by atoms with Crippen LogP contribution in [0.2, 0.25) is 0 Å². The molecule has 0 saturated heterocycles. The highest BCUT2D eigenvalue weighted by molar-refractivity contribution is 14.0. The normalized spacial score (nSPS) is 11.3. The molecule has 0 unspecified atom stereocenters. The number of hydrogen-bond acceptors (Lipinski definition) is 4. The highest BCUT2D eigenvalue weighted by Crippen LogP contribution is 2.18. The number of aliphatic imine (C=N–C) groups is 1. The molecular formula is C22H31IN6S. The third-order valence-corrected chi connectivity index (χ3v) is 5.88. The number of hydrogen-bond donors (Lipinski definition) is 2. The van der Waals surface area contributed by atoms with Crippen molar-refractivity contribution in [2.24, 2.45) is 4.99 Å². The van der Waals surface area contributed by atoms with Gasteiger partial charge in [0.05, 0.1) is 22.1 Å². The van der Waals surface area contributed by atoms with Crippen LogP contribution in [0.4, 0.5) is 0 Å². The van der Waals surface area contributed by atoms with E-state index in [1.807, 2.05) is 17.7 Å². The average Bonchev–Trinajstić information content (AvgIpc) is 3.25. The molecule has 0 aliphatic carbocycles. The lowest BCUT2D eigenvalue weighted by Gasteiger charge is -2.15. The van der Waals surface area contributed by atoms with E-state index >= 15 is 0 Å². The average molecular weight is 539 g/mol. The maximum absolute atomic E-state index is 4.71. The van der Waals surface area contributed by atoms with Gasteiger partial charge in [0.25, 0.3) is 0 Å². The van der Waals surface area contributed by atoms with Crippen molar-refractivity contribution in [1.29, 1.82) is 0 Å². The first-order valence-corrected chi connectivity index (χ1v) is 10.8. The van der Waals surface area contributed by atoms with Crippen LogP contribution in [-0.4, -0.2) is 34.3 Å². The van der Waals surface area contributed by atoms with Crippen molar-refractivity contribution >= 4 is 41.3 Å². The van der Waals surface area contributed by atoms with Crippen molar-refractivity contribution in [2.75, 3.05) is 13.6 Å². The molecule has 30 heavy (non-hydrogen) atoms. The summed E-state index contributed by atoms with van der Waals surface area (Å²) in [5.74, 6) is 0.789. The van der Waals surface area contributed by atoms with E-state index in [-0.39, 0.29) is 24.0 Å². The lowest BCUT2D eigenvalue weighted by atomic mass is 10.1. The molecule has 1 aromatic carbocycles. The van der Waals surface area contributed by atoms with Gasteiger partial charge in [-0.15, -0.1) is 35.3 Å². The fourth-order valence-electron chi connectivity index (χ4n) is 3.35. The number of halogens is 1. The number of benzene rings is 1. The molecule has 0 spiro atoms. The Hall–Kier alpha value is -1.94. The summed E-state index contributed by atoms with van der Waals surface area (Å²) in [6, 6.07) is 10.4. The van der Waals surface area contributed by atoms with Gasteiger partial charge in [0, 0.05) is 37.1 Å². The van der Waals surface area contributed by atoms with E-state index in [4.69, 9.17) is 4.98 Å². The van der Waals surface area contributed by atoms with Crippen LogP contribution in [0.15, 0.2) is 35.3 Å². The SMILES string of the molecule is CCc1nc(CCNC(=NC)NCc2ccccc2-n2nc(C)cc2C)sc1C.I. The van der Waals surface area contributed by atoms with Gasteiger partial charge in [0.2, 0.25) is 0 Å². The molecule has 3 rings (SSSR count). The Balaban J connectivity index is 0.00000320. The molecule has 8 heteroatoms. The van der Waals surface area contributed by atoms with Crippen molar-refractivity contribution in [3.8, 4) is 5.69 Å². The second kappa shape index (κ2) is 11.5. The molecule has 0 aliphatic rings. The second-order valence-corrected chi connectivity index (χ2v) is 8.32. The molecular weight excluding hydrogens is 507 g/mol. The smallest absolute Gasteiger partial charge is 0.191 e. The lowest BCUT2D eigenvalue weighted by Crippen LogP contribution is -2.38. The zero-order valence-electron chi connectivity index (χ0n) is 18.3. The van der Waals surface area contributed by atoms with Crippen LogP contribution in [0.3, 0.4) is 0 Å². The minimum Gasteiger partial charge on any atom is -0.356 e. The van der Waals surface area contributed by atoms with E-state index in [1.165, 1.54) is 21.1 Å². The minimum absolute atomic E-state index is 0. The number of thiazole rings is 1. The van der Waals surface area contributed by atoms with E-state index in [0.717, 1.165) is 42.4 Å². The minimum atomic E-state index is 0. The first-order valence-electron chi connectivity index (χ1n) is 10.0. The van der Waals surface area contributed by atoms with Crippen LogP contribution in [0.5, 0.6) is 0 Å². The lowest BCUT2D eigenvalue weighted by molar-refractivity contribution is 0.773. The quantitative estimate of drug-likeness (QED) is 0.267. The molecule has 0 amide bonds. The summed E-state index contributed by atoms with van der Waals surface area (Å²) in [7, 11) is 1.80. The largest absolute Gasteiger partial charge is 0.356 e. The predicted molar refractivity (Wildman–Crippen MR) is 137 cm³/mol. The third-order valence-electron chi connectivity index (χ3n) is 4.80. The molecule has 0 fully saturated rings. The number of guanidine groups is 1. The summed E-state index contributed by atoms with van der Waals surface area (Å²) < 4.78 is 2.00. The Morgan fingerprint density at radius 1 is 1.17 bits per heavy atom. The molecule has 3 aromatic rings. The number of aryl methyl sites for hydroxylation is 4. The maximum atomic E-state index is 4.71. The standard InChI is InChI=1S/C22H30N6S.HI/c1-6-19-17(4)29-21(26-19)11-12-24-22(23-5)25-14-18-9-7-8-10-20(18)28-16(3)13-15(2)27-28;/h7-10,13H,6,11-12,14H2,1-5H3,(H2,23,24,25);1H. The molecule has 0 radical (unpaired) electrons. The Morgan fingerprint density at radius 3 is 2.57 bits per heavy atom. The predicted octanol–water partition coefficient (Wildman–Crippen LogP) is 4.34. The number of aromatic nitrogens is 3. The first kappa shape index (κ1) is 24.3. The van der Waals surface area contributed by atoms with E-state index in [2.05, 4.69) is 65.8 Å². The Morgan fingerprint density at radius 2 is 1.93 bits per heavy atom. The number of nitrogens with zero attached hydrogens (tertiary/aromatic N) is 4. The number of nitrogens with one attached hydrogen (secondary N) is 2. The van der Waals surface area contributed by atoms with E-state index < -0.39 is 0 Å². The Bertz CT molecular complexity index is 991. The second-order valence-electron chi connectivity index (χ2n) is 7.03. The van der Waals surface area contributed by atoms with E-state index in [1.54, 1.807) is 18.4 Å². The Labute approximate surface area is 200 Å². The fraction of sp³-hybridized carbons (Fsp3) is 0.409. The van der Waals surface area contributed by atoms with Crippen LogP contribution < -0.4 is 10.6 Å². The van der Waals surface area contributed by atoms with Gasteiger partial charge in [-0.3, -0.25) is 4.99 Å². The fourth-order valence-corrected chi connectivity index (χ4v) is 4.37. The van der Waals surface area contributed by atoms with Crippen molar-refractivity contribution in [3.05, 3.63) is 62.9 Å². The molecule has 2 heterocycles. The van der Waals surface area contributed by atoms with Gasteiger partial charge in [-0.25, -0.2) is 9.67 Å². The summed E-state index contributed by atoms with van der Waals surface area (Å²) in [5, 5.41) is 12.6. The van der Waals surface area contributed by atoms with Crippen molar-refractivity contribution in [1.82, 2.24) is 25.4 Å². The topological polar surface area (TPSA) is 67.1 Å². The molecule has 0 atom stereocenters. The molecule has 0 aliphatic heterocycles. The van der Waals surface area contributed by atoms with Crippen LogP contribution in [0.1, 0.15) is 39.5 Å². The van der Waals surface area contributed by atoms with Crippen molar-refractivity contribution in [2.45, 2.75) is 47.1 Å². The van der Waals surface area contributed by atoms with Gasteiger partial charge in [-0.2, -0.15) is 5.10 Å². The van der Waals surface area contributed by atoms with E-state index in [9.17, 15) is 0 Å². The Kier molecular flexibility index (Phi) is 9.29. The van der Waals surface area contributed by atoms with Crippen molar-refractivity contribution < 1.29 is 0 Å². The van der Waals surface area contributed by atoms with Gasteiger partial charge in [-0.1, -0.05) is 25.1 Å². The van der Waals surface area contributed by atoms with Gasteiger partial charge in [-0.05, 0) is 44.9 Å². The number of para-hydroxylation sites is 1. The summed E-state index contributed by atoms with van der Waals surface area (Å²) in [6.07, 6.45) is 1.89. The highest BCUT2D eigenvalue weighted by Gasteiger charge is 2.10. The molecule has 0 bridgehead atoms. The molecule has 2 aromatic heterocycles. The van der Waals surface area contributed by atoms with Crippen LogP contribution >= 0.6 is 35.3 Å². The van der Waals surface area contributed by atoms with Gasteiger partial charge in [0.1, 0.15) is 0 Å². The van der Waals surface area contributed by atoms with E-state index in [0.29, 0.717) is 6.54 Å². The van der Waals surface area contributed by atoms with Gasteiger partial charge < -0.3 is 10.6 Å². The molecule has 0 saturated carbocycles. The number of rotatable bonds is 7. The summed E-state index contributed by atoms with van der Waals surface area (Å²) in [5.41, 5.74) is 5.62. The first-order chi connectivity index (χ1) is 14.0. The molecule has 2 N–H and O–H groups in total. The van der Waals surface area contributed by atoms with Crippen LogP contribution in [0.25, 0.3) is 5.69 Å². The third kappa shape index (κ3) is 6.04. The maximum Gasteiger partial charge on any atom is 0.191 e. The summed E-state index contributed by atoms with van der Waals surface area (Å²) >= 11 is 1.79. The molecule has 162 valence electrons. The highest BCUT2D eigenvalue weighted by atomic mass is 127. The monoisotopic (exact) mass is 538 g/mol. The zero-order valence-corrected chi connectivity index (χ0v) is 21.5. The summed E-state index contributed by atoms with van der Waals surface area (Å²) in [4.78, 5) is 10.4. The van der Waals surface area contributed by atoms with Crippen molar-refractivity contribution in [3.63, 3.8) is 0 Å². The zero-order chi connectivity index (χ0) is 20.8. The van der Waals surface area contributed by atoms with Crippen LogP contribution in [-0.2, 0) is 19.4 Å². The van der Waals surface area contributed by atoms with Crippen LogP contribution in [0, 0.1) is 20.8 Å². The molecule has 6 nitrogen and oxygen atoms in total. The van der Waals surface area contributed by atoms with Gasteiger partial charge in [0.15, 0.2) is 5.96 Å².